The quantitative estimate of drug-likeness (QED) is 0.553. The highest BCUT2D eigenvalue weighted by Crippen LogP contribution is 2.39. The Morgan fingerprint density at radius 2 is 1.85 bits per heavy atom. The normalized spacial score (nSPS) is 16.9. The first-order valence-electron chi connectivity index (χ1n) is 8.09. The number of thioether (sulfide) groups is 1. The minimum atomic E-state index is -0.123. The number of hydrogen-bond acceptors (Lipinski definition) is 5. The third-order valence-corrected chi connectivity index (χ3v) is 5.55. The number of carbonyl (C=O) groups excluding carboxylic acids is 1. The lowest BCUT2D eigenvalue weighted by molar-refractivity contribution is -0.123. The Morgan fingerprint density at radius 3 is 2.50 bits per heavy atom. The number of nitrogens with zero attached hydrogens (tertiary/aromatic N) is 1. The molecule has 6 heteroatoms. The van der Waals surface area contributed by atoms with Crippen molar-refractivity contribution in [1.29, 1.82) is 0 Å². The summed E-state index contributed by atoms with van der Waals surface area (Å²) in [5.74, 6) is 1.28. The SMILES string of the molecule is COc1ccc(OC)c(/C=C2/SC(=S)N([C@@H](C)c3ccccc3)C2=O)c1. The van der Waals surface area contributed by atoms with Crippen LogP contribution in [0.25, 0.3) is 6.08 Å². The second-order valence-corrected chi connectivity index (χ2v) is 7.42. The molecule has 0 bridgehead atoms. The van der Waals surface area contributed by atoms with E-state index in [2.05, 4.69) is 0 Å². The van der Waals surface area contributed by atoms with E-state index in [1.807, 2.05) is 55.5 Å². The van der Waals surface area contributed by atoms with Crippen LogP contribution in [-0.4, -0.2) is 29.3 Å². The van der Waals surface area contributed by atoms with Crippen LogP contribution < -0.4 is 9.47 Å². The Bertz CT molecular complexity index is 865. The lowest BCUT2D eigenvalue weighted by Gasteiger charge is -2.23. The van der Waals surface area contributed by atoms with Gasteiger partial charge in [0, 0.05) is 5.56 Å². The van der Waals surface area contributed by atoms with E-state index in [0.717, 1.165) is 11.1 Å². The fraction of sp³-hybridized carbons (Fsp3) is 0.200. The molecule has 1 atom stereocenters. The van der Waals surface area contributed by atoms with Gasteiger partial charge in [0.2, 0.25) is 0 Å². The Kier molecular flexibility index (Phi) is 5.64. The lowest BCUT2D eigenvalue weighted by atomic mass is 10.1. The molecule has 1 saturated heterocycles. The van der Waals surface area contributed by atoms with Gasteiger partial charge in [-0.15, -0.1) is 0 Å². The van der Waals surface area contributed by atoms with Crippen LogP contribution in [0, 0.1) is 0 Å². The van der Waals surface area contributed by atoms with Crippen molar-refractivity contribution in [3.63, 3.8) is 0 Å². The van der Waals surface area contributed by atoms with Gasteiger partial charge in [0.15, 0.2) is 0 Å². The van der Waals surface area contributed by atoms with Gasteiger partial charge < -0.3 is 9.47 Å². The van der Waals surface area contributed by atoms with Crippen molar-refractivity contribution in [3.05, 3.63) is 64.6 Å². The summed E-state index contributed by atoms with van der Waals surface area (Å²) in [6.45, 7) is 1.98. The summed E-state index contributed by atoms with van der Waals surface area (Å²) in [5, 5.41) is 0. The van der Waals surface area contributed by atoms with Crippen LogP contribution >= 0.6 is 24.0 Å². The predicted octanol–water partition coefficient (Wildman–Crippen LogP) is 4.67. The maximum Gasteiger partial charge on any atom is 0.266 e. The first-order chi connectivity index (χ1) is 12.5. The van der Waals surface area contributed by atoms with Crippen molar-refractivity contribution in [3.8, 4) is 11.5 Å². The van der Waals surface area contributed by atoms with Gasteiger partial charge in [-0.05, 0) is 36.8 Å². The molecule has 0 aromatic heterocycles. The number of rotatable bonds is 5. The molecular weight excluding hydrogens is 366 g/mol. The zero-order chi connectivity index (χ0) is 18.7. The van der Waals surface area contributed by atoms with Gasteiger partial charge in [-0.2, -0.15) is 0 Å². The van der Waals surface area contributed by atoms with Crippen molar-refractivity contribution in [2.75, 3.05) is 14.2 Å². The molecule has 0 unspecified atom stereocenters. The van der Waals surface area contributed by atoms with E-state index >= 15 is 0 Å². The van der Waals surface area contributed by atoms with Crippen molar-refractivity contribution in [2.45, 2.75) is 13.0 Å². The molecule has 0 radical (unpaired) electrons. The molecular formula is C20H19NO3S2. The van der Waals surface area contributed by atoms with E-state index in [-0.39, 0.29) is 11.9 Å². The number of thiocarbonyl (C=S) groups is 1. The van der Waals surface area contributed by atoms with Crippen molar-refractivity contribution >= 4 is 40.3 Å². The van der Waals surface area contributed by atoms with Crippen LogP contribution in [0.4, 0.5) is 0 Å². The Hall–Kier alpha value is -2.31. The Balaban J connectivity index is 1.93. The molecule has 2 aromatic carbocycles. The van der Waals surface area contributed by atoms with Gasteiger partial charge >= 0.3 is 0 Å². The van der Waals surface area contributed by atoms with Crippen LogP contribution in [0.2, 0.25) is 0 Å². The summed E-state index contributed by atoms with van der Waals surface area (Å²) >= 11 is 6.77. The van der Waals surface area contributed by atoms with Crippen LogP contribution in [0.3, 0.4) is 0 Å². The average molecular weight is 386 g/mol. The number of amides is 1. The van der Waals surface area contributed by atoms with Gasteiger partial charge in [-0.1, -0.05) is 54.3 Å². The zero-order valence-electron chi connectivity index (χ0n) is 14.8. The molecule has 0 aliphatic carbocycles. The molecule has 1 amide bonds. The first-order valence-corrected chi connectivity index (χ1v) is 9.31. The largest absolute Gasteiger partial charge is 0.497 e. The van der Waals surface area contributed by atoms with Gasteiger partial charge in [-0.25, -0.2) is 0 Å². The van der Waals surface area contributed by atoms with Crippen LogP contribution in [0.15, 0.2) is 53.4 Å². The third-order valence-electron chi connectivity index (χ3n) is 4.22. The van der Waals surface area contributed by atoms with Crippen LogP contribution in [0.5, 0.6) is 11.5 Å². The Labute approximate surface area is 162 Å². The molecule has 3 rings (SSSR count). The monoisotopic (exact) mass is 385 g/mol. The van der Waals surface area contributed by atoms with Crippen LogP contribution in [0.1, 0.15) is 24.1 Å². The molecule has 134 valence electrons. The number of carbonyl (C=O) groups is 1. The van der Waals surface area contributed by atoms with Crippen molar-refractivity contribution < 1.29 is 14.3 Å². The van der Waals surface area contributed by atoms with E-state index in [9.17, 15) is 4.79 Å². The summed E-state index contributed by atoms with van der Waals surface area (Å²) in [7, 11) is 3.20. The van der Waals surface area contributed by atoms with Gasteiger partial charge in [0.05, 0.1) is 25.2 Å². The third kappa shape index (κ3) is 3.61. The van der Waals surface area contributed by atoms with Crippen molar-refractivity contribution in [2.24, 2.45) is 0 Å². The van der Waals surface area contributed by atoms with Crippen LogP contribution in [-0.2, 0) is 4.79 Å². The molecule has 0 N–H and O–H groups in total. The van der Waals surface area contributed by atoms with Crippen molar-refractivity contribution in [1.82, 2.24) is 4.90 Å². The van der Waals surface area contributed by atoms with Gasteiger partial charge in [0.1, 0.15) is 15.8 Å². The second-order valence-electron chi connectivity index (χ2n) is 5.75. The minimum Gasteiger partial charge on any atom is -0.497 e. The summed E-state index contributed by atoms with van der Waals surface area (Å²) in [4.78, 5) is 15.2. The standard InChI is InChI=1S/C20H19NO3S2/c1-13(14-7-5-4-6-8-14)21-19(22)18(26-20(21)25)12-15-11-16(23-2)9-10-17(15)24-3/h4-13H,1-3H3/b18-12+/t13-/m0/s1. The highest BCUT2D eigenvalue weighted by atomic mass is 32.2. The maximum atomic E-state index is 13.0. The number of benzene rings is 2. The second kappa shape index (κ2) is 7.93. The molecule has 1 aliphatic rings. The average Bonchev–Trinajstić information content (AvgIpc) is 2.95. The summed E-state index contributed by atoms with van der Waals surface area (Å²) in [5.41, 5.74) is 1.82. The summed E-state index contributed by atoms with van der Waals surface area (Å²) in [6.07, 6.45) is 1.80. The summed E-state index contributed by atoms with van der Waals surface area (Å²) in [6, 6.07) is 15.2. The molecule has 0 saturated carbocycles. The van der Waals surface area contributed by atoms with Gasteiger partial charge in [0.25, 0.3) is 5.91 Å². The molecule has 0 spiro atoms. The molecule has 26 heavy (non-hydrogen) atoms. The highest BCUT2D eigenvalue weighted by Gasteiger charge is 2.36. The fourth-order valence-electron chi connectivity index (χ4n) is 2.79. The molecule has 4 nitrogen and oxygen atoms in total. The van der Waals surface area contributed by atoms with Gasteiger partial charge in [-0.3, -0.25) is 9.69 Å². The number of ether oxygens (including phenoxy) is 2. The smallest absolute Gasteiger partial charge is 0.266 e. The van der Waals surface area contributed by atoms with E-state index in [1.165, 1.54) is 11.8 Å². The van der Waals surface area contributed by atoms with E-state index in [1.54, 1.807) is 25.2 Å². The zero-order valence-corrected chi connectivity index (χ0v) is 16.4. The molecule has 1 aliphatic heterocycles. The Morgan fingerprint density at radius 1 is 1.12 bits per heavy atom. The summed E-state index contributed by atoms with van der Waals surface area (Å²) < 4.78 is 11.2. The predicted molar refractivity (Wildman–Crippen MR) is 109 cm³/mol. The number of hydrogen-bond donors (Lipinski definition) is 0. The molecule has 1 fully saturated rings. The minimum absolute atomic E-state index is 0.0961. The lowest BCUT2D eigenvalue weighted by Crippen LogP contribution is -2.30. The molecule has 2 aromatic rings. The fourth-order valence-corrected chi connectivity index (χ4v) is 4.20. The molecule has 1 heterocycles. The van der Waals surface area contributed by atoms with E-state index in [0.29, 0.717) is 20.7 Å². The number of methoxy groups -OCH3 is 2. The topological polar surface area (TPSA) is 38.8 Å². The maximum absolute atomic E-state index is 13.0. The van der Waals surface area contributed by atoms with E-state index < -0.39 is 0 Å². The first kappa shape index (κ1) is 18.5. The van der Waals surface area contributed by atoms with E-state index in [4.69, 9.17) is 21.7 Å². The highest BCUT2D eigenvalue weighted by molar-refractivity contribution is 8.26.